The highest BCUT2D eigenvalue weighted by molar-refractivity contribution is 5.57. The lowest BCUT2D eigenvalue weighted by Gasteiger charge is -2.22. The van der Waals surface area contributed by atoms with Gasteiger partial charge < -0.3 is 11.5 Å². The Hall–Kier alpha value is -1.96. The van der Waals surface area contributed by atoms with Crippen molar-refractivity contribution in [3.8, 4) is 0 Å². The van der Waals surface area contributed by atoms with Gasteiger partial charge in [-0.05, 0) is 53.3 Å². The van der Waals surface area contributed by atoms with Gasteiger partial charge in [-0.15, -0.1) is 0 Å². The molecule has 2 heteroatoms. The predicted octanol–water partition coefficient (Wildman–Crippen LogP) is 4.91. The molecule has 2 aromatic rings. The first-order valence-electron chi connectivity index (χ1n) is 8.34. The Balaban J connectivity index is 2.50. The normalized spacial score (nSPS) is 12.3. The molecule has 0 radical (unpaired) electrons. The number of rotatable bonds is 6. The van der Waals surface area contributed by atoms with E-state index >= 15 is 0 Å². The van der Waals surface area contributed by atoms with Gasteiger partial charge in [-0.1, -0.05) is 51.8 Å². The molecule has 1 unspecified atom stereocenters. The van der Waals surface area contributed by atoms with Crippen LogP contribution in [0.25, 0.3) is 0 Å². The Morgan fingerprint density at radius 2 is 1.59 bits per heavy atom. The summed E-state index contributed by atoms with van der Waals surface area (Å²) in [4.78, 5) is 0. The molecule has 0 aliphatic carbocycles. The van der Waals surface area contributed by atoms with E-state index in [0.717, 1.165) is 37.1 Å². The van der Waals surface area contributed by atoms with E-state index in [9.17, 15) is 0 Å². The van der Waals surface area contributed by atoms with E-state index in [1.165, 1.54) is 22.3 Å². The molecule has 4 N–H and O–H groups in total. The van der Waals surface area contributed by atoms with E-state index in [1.54, 1.807) is 0 Å². The first kappa shape index (κ1) is 16.4. The molecule has 0 saturated carbocycles. The van der Waals surface area contributed by atoms with E-state index < -0.39 is 0 Å². The minimum atomic E-state index is 0.296. The quantitative estimate of drug-likeness (QED) is 0.744. The van der Waals surface area contributed by atoms with Crippen LogP contribution in [0.3, 0.4) is 0 Å². The lowest BCUT2D eigenvalue weighted by atomic mass is 9.84. The lowest BCUT2D eigenvalue weighted by Crippen LogP contribution is -2.08. The van der Waals surface area contributed by atoms with E-state index in [4.69, 9.17) is 11.5 Å². The SMILES string of the molecule is CCCc1cc(N)ccc1C(C)c1c(N)cccc1CCC. The Bertz CT molecular complexity index is 632. The largest absolute Gasteiger partial charge is 0.399 e. The van der Waals surface area contributed by atoms with Gasteiger partial charge in [0.2, 0.25) is 0 Å². The smallest absolute Gasteiger partial charge is 0.0355 e. The van der Waals surface area contributed by atoms with Gasteiger partial charge in [-0.25, -0.2) is 0 Å². The van der Waals surface area contributed by atoms with Crippen LogP contribution in [0.5, 0.6) is 0 Å². The third-order valence-electron chi connectivity index (χ3n) is 4.34. The third kappa shape index (κ3) is 3.44. The van der Waals surface area contributed by atoms with Gasteiger partial charge in [0.1, 0.15) is 0 Å². The summed E-state index contributed by atoms with van der Waals surface area (Å²) in [6.07, 6.45) is 4.38. The molecule has 2 rings (SSSR count). The zero-order valence-corrected chi connectivity index (χ0v) is 14.0. The lowest BCUT2D eigenvalue weighted by molar-refractivity contribution is 0.828. The number of anilines is 2. The van der Waals surface area contributed by atoms with E-state index in [0.29, 0.717) is 5.92 Å². The molecule has 0 aliphatic rings. The van der Waals surface area contributed by atoms with Crippen LogP contribution in [0.2, 0.25) is 0 Å². The molecule has 0 aliphatic heterocycles. The van der Waals surface area contributed by atoms with Crippen molar-refractivity contribution in [2.45, 2.75) is 52.4 Å². The van der Waals surface area contributed by atoms with Gasteiger partial charge in [0.05, 0.1) is 0 Å². The molecule has 0 bridgehead atoms. The fourth-order valence-electron chi connectivity index (χ4n) is 3.34. The highest BCUT2D eigenvalue weighted by Gasteiger charge is 2.18. The van der Waals surface area contributed by atoms with Gasteiger partial charge in [-0.2, -0.15) is 0 Å². The molecule has 0 amide bonds. The molecule has 1 atom stereocenters. The second-order valence-corrected chi connectivity index (χ2v) is 6.10. The Labute approximate surface area is 134 Å². The van der Waals surface area contributed by atoms with Crippen LogP contribution < -0.4 is 11.5 Å². The van der Waals surface area contributed by atoms with Crippen molar-refractivity contribution in [1.29, 1.82) is 0 Å². The van der Waals surface area contributed by atoms with Crippen LogP contribution in [0.15, 0.2) is 36.4 Å². The Morgan fingerprint density at radius 3 is 2.27 bits per heavy atom. The van der Waals surface area contributed by atoms with Crippen LogP contribution in [0, 0.1) is 0 Å². The van der Waals surface area contributed by atoms with E-state index in [1.807, 2.05) is 12.1 Å². The van der Waals surface area contributed by atoms with Crippen molar-refractivity contribution >= 4 is 11.4 Å². The minimum Gasteiger partial charge on any atom is -0.399 e. The Morgan fingerprint density at radius 1 is 0.909 bits per heavy atom. The molecule has 0 aromatic heterocycles. The molecule has 0 heterocycles. The number of benzene rings is 2. The van der Waals surface area contributed by atoms with Crippen LogP contribution in [-0.4, -0.2) is 0 Å². The zero-order valence-electron chi connectivity index (χ0n) is 14.0. The molecule has 22 heavy (non-hydrogen) atoms. The molecule has 2 aromatic carbocycles. The van der Waals surface area contributed by atoms with Crippen molar-refractivity contribution in [2.24, 2.45) is 0 Å². The molecule has 0 spiro atoms. The zero-order chi connectivity index (χ0) is 16.1. The van der Waals surface area contributed by atoms with Gasteiger partial charge in [0.15, 0.2) is 0 Å². The van der Waals surface area contributed by atoms with Crippen molar-refractivity contribution in [3.05, 3.63) is 58.7 Å². The standard InChI is InChI=1S/C20H28N2/c1-4-7-15-9-6-10-19(22)20(15)14(3)18-12-11-17(21)13-16(18)8-5-2/h6,9-14H,4-5,7-8,21-22H2,1-3H3. The summed E-state index contributed by atoms with van der Waals surface area (Å²) < 4.78 is 0. The average molecular weight is 296 g/mol. The maximum Gasteiger partial charge on any atom is 0.0355 e. The summed E-state index contributed by atoms with van der Waals surface area (Å²) in [5, 5.41) is 0. The molecule has 118 valence electrons. The summed E-state index contributed by atoms with van der Waals surface area (Å²) in [6, 6.07) is 12.6. The van der Waals surface area contributed by atoms with Crippen molar-refractivity contribution in [1.82, 2.24) is 0 Å². The monoisotopic (exact) mass is 296 g/mol. The van der Waals surface area contributed by atoms with Crippen molar-refractivity contribution in [3.63, 3.8) is 0 Å². The Kier molecular flexibility index (Phi) is 5.48. The summed E-state index contributed by atoms with van der Waals surface area (Å²) >= 11 is 0. The first-order valence-corrected chi connectivity index (χ1v) is 8.34. The van der Waals surface area contributed by atoms with Gasteiger partial charge in [-0.3, -0.25) is 0 Å². The summed E-state index contributed by atoms with van der Waals surface area (Å²) in [7, 11) is 0. The first-order chi connectivity index (χ1) is 10.6. The summed E-state index contributed by atoms with van der Waals surface area (Å²) in [5.41, 5.74) is 19.4. The van der Waals surface area contributed by atoms with Gasteiger partial charge in [0, 0.05) is 17.3 Å². The van der Waals surface area contributed by atoms with Crippen LogP contribution in [0.1, 0.15) is 61.8 Å². The third-order valence-corrected chi connectivity index (χ3v) is 4.34. The summed E-state index contributed by atoms with van der Waals surface area (Å²) in [5.74, 6) is 0.296. The number of hydrogen-bond acceptors (Lipinski definition) is 2. The molecular formula is C20H28N2. The van der Waals surface area contributed by atoms with E-state index in [2.05, 4.69) is 45.0 Å². The van der Waals surface area contributed by atoms with Crippen molar-refractivity contribution < 1.29 is 0 Å². The molecular weight excluding hydrogens is 268 g/mol. The topological polar surface area (TPSA) is 52.0 Å². The highest BCUT2D eigenvalue weighted by Crippen LogP contribution is 2.35. The van der Waals surface area contributed by atoms with Gasteiger partial charge >= 0.3 is 0 Å². The fourth-order valence-corrected chi connectivity index (χ4v) is 3.34. The van der Waals surface area contributed by atoms with Gasteiger partial charge in [0.25, 0.3) is 0 Å². The van der Waals surface area contributed by atoms with Crippen molar-refractivity contribution in [2.75, 3.05) is 11.5 Å². The van der Waals surface area contributed by atoms with Crippen LogP contribution in [-0.2, 0) is 12.8 Å². The maximum absolute atomic E-state index is 6.32. The number of nitrogen functional groups attached to an aromatic ring is 2. The second kappa shape index (κ2) is 7.35. The summed E-state index contributed by atoms with van der Waals surface area (Å²) in [6.45, 7) is 6.68. The van der Waals surface area contributed by atoms with Crippen LogP contribution >= 0.6 is 0 Å². The number of aryl methyl sites for hydroxylation is 2. The minimum absolute atomic E-state index is 0.296. The average Bonchev–Trinajstić information content (AvgIpc) is 2.48. The predicted molar refractivity (Wildman–Crippen MR) is 97.2 cm³/mol. The molecule has 2 nitrogen and oxygen atoms in total. The highest BCUT2D eigenvalue weighted by atomic mass is 14.6. The molecule has 0 fully saturated rings. The number of nitrogens with two attached hydrogens (primary N) is 2. The second-order valence-electron chi connectivity index (χ2n) is 6.10. The molecule has 0 saturated heterocycles. The van der Waals surface area contributed by atoms with E-state index in [-0.39, 0.29) is 0 Å². The van der Waals surface area contributed by atoms with Crippen LogP contribution in [0.4, 0.5) is 11.4 Å². The fraction of sp³-hybridized carbons (Fsp3) is 0.400. The maximum atomic E-state index is 6.32. The number of hydrogen-bond donors (Lipinski definition) is 2.